The van der Waals surface area contributed by atoms with Gasteiger partial charge in [-0.1, -0.05) is 37.1 Å². The predicted octanol–water partition coefficient (Wildman–Crippen LogP) is 4.84. The molecule has 39 heavy (non-hydrogen) atoms. The van der Waals surface area contributed by atoms with E-state index in [1.165, 1.54) is 31.2 Å². The highest BCUT2D eigenvalue weighted by atomic mass is 16.5. The van der Waals surface area contributed by atoms with Crippen LogP contribution in [0.25, 0.3) is 21.8 Å². The number of H-pyrrole nitrogens is 1. The van der Waals surface area contributed by atoms with Crippen molar-refractivity contribution in [2.45, 2.75) is 64.6 Å². The van der Waals surface area contributed by atoms with Gasteiger partial charge in [-0.25, -0.2) is 0 Å². The first kappa shape index (κ1) is 25.8. The van der Waals surface area contributed by atoms with Crippen LogP contribution in [0.5, 0.6) is 0 Å². The molecular formula is C31H37N5O3. The summed E-state index contributed by atoms with van der Waals surface area (Å²) >= 11 is 0. The summed E-state index contributed by atoms with van der Waals surface area (Å²) in [5, 5.41) is 9.16. The molecule has 2 aliphatic heterocycles. The van der Waals surface area contributed by atoms with Gasteiger partial charge in [0.15, 0.2) is 0 Å². The molecule has 2 aromatic heterocycles. The van der Waals surface area contributed by atoms with Crippen LogP contribution in [0.2, 0.25) is 0 Å². The number of aromatic amines is 1. The Hall–Kier alpha value is -3.49. The van der Waals surface area contributed by atoms with Crippen molar-refractivity contribution in [2.75, 3.05) is 26.3 Å². The maximum absolute atomic E-state index is 13.5. The molecule has 0 unspecified atom stereocenters. The van der Waals surface area contributed by atoms with Crippen molar-refractivity contribution in [3.8, 4) is 0 Å². The van der Waals surface area contributed by atoms with E-state index in [9.17, 15) is 9.59 Å². The van der Waals surface area contributed by atoms with Gasteiger partial charge in [-0.3, -0.25) is 19.2 Å². The second-order valence-electron chi connectivity index (χ2n) is 11.0. The molecule has 2 N–H and O–H groups in total. The molecular weight excluding hydrogens is 490 g/mol. The molecule has 4 heterocycles. The molecule has 0 atom stereocenters. The fourth-order valence-corrected chi connectivity index (χ4v) is 6.14. The smallest absolute Gasteiger partial charge is 0.259 e. The lowest BCUT2D eigenvalue weighted by Crippen LogP contribution is -2.27. The number of nitrogens with one attached hydrogen (secondary N) is 2. The number of carbonyl (C=O) groups is 1. The standard InChI is InChI=1S/C31H37N5O3/c1-21-16-28-26(29-27(31(38)34-28)19-33-36(29)24-10-14-39-15-11-24)17-25(21)30(37)32-18-22-8-4-5-9-23(22)20-35-12-6-2-3-7-13-35/h4-5,8-9,16-17,19,24H,2-3,6-7,10-15,18,20H2,1H3,(H,32,37)(H,34,38). The molecule has 2 aromatic carbocycles. The number of benzene rings is 2. The summed E-state index contributed by atoms with van der Waals surface area (Å²) in [5.41, 5.74) is 5.21. The number of pyridine rings is 1. The maximum atomic E-state index is 13.5. The normalized spacial score (nSPS) is 17.5. The molecule has 8 heteroatoms. The van der Waals surface area contributed by atoms with Crippen molar-refractivity contribution in [3.05, 3.63) is 75.2 Å². The van der Waals surface area contributed by atoms with Gasteiger partial charge >= 0.3 is 0 Å². The predicted molar refractivity (Wildman–Crippen MR) is 153 cm³/mol. The molecule has 4 aromatic rings. The van der Waals surface area contributed by atoms with Gasteiger partial charge in [-0.2, -0.15) is 5.10 Å². The molecule has 0 aliphatic carbocycles. The quantitative estimate of drug-likeness (QED) is 0.374. The average molecular weight is 528 g/mol. The molecule has 2 aliphatic rings. The molecule has 2 saturated heterocycles. The second-order valence-corrected chi connectivity index (χ2v) is 11.0. The highest BCUT2D eigenvalue weighted by Crippen LogP contribution is 2.30. The lowest BCUT2D eigenvalue weighted by Gasteiger charge is -2.23. The molecule has 0 spiro atoms. The van der Waals surface area contributed by atoms with Crippen LogP contribution in [0.4, 0.5) is 0 Å². The van der Waals surface area contributed by atoms with Crippen molar-refractivity contribution >= 4 is 27.7 Å². The van der Waals surface area contributed by atoms with Crippen LogP contribution in [0, 0.1) is 6.92 Å². The minimum Gasteiger partial charge on any atom is -0.381 e. The summed E-state index contributed by atoms with van der Waals surface area (Å²) < 4.78 is 7.51. The third kappa shape index (κ3) is 5.36. The van der Waals surface area contributed by atoms with E-state index < -0.39 is 0 Å². The summed E-state index contributed by atoms with van der Waals surface area (Å²) in [6, 6.07) is 12.4. The van der Waals surface area contributed by atoms with Crippen molar-refractivity contribution < 1.29 is 9.53 Å². The topological polar surface area (TPSA) is 92.2 Å². The largest absolute Gasteiger partial charge is 0.381 e. The van der Waals surface area contributed by atoms with E-state index in [1.54, 1.807) is 6.20 Å². The van der Waals surface area contributed by atoms with Gasteiger partial charge in [0.1, 0.15) is 0 Å². The third-order valence-corrected chi connectivity index (χ3v) is 8.34. The zero-order valence-electron chi connectivity index (χ0n) is 22.7. The van der Waals surface area contributed by atoms with Crippen LogP contribution in [-0.4, -0.2) is 51.9 Å². The summed E-state index contributed by atoms with van der Waals surface area (Å²) in [5.74, 6) is -0.115. The zero-order valence-corrected chi connectivity index (χ0v) is 22.7. The average Bonchev–Trinajstić information content (AvgIpc) is 3.25. The van der Waals surface area contributed by atoms with Crippen LogP contribution in [0.15, 0.2) is 47.4 Å². The molecule has 6 rings (SSSR count). The van der Waals surface area contributed by atoms with Crippen LogP contribution in [0.3, 0.4) is 0 Å². The number of amides is 1. The van der Waals surface area contributed by atoms with Crippen molar-refractivity contribution in [1.29, 1.82) is 0 Å². The number of hydrogen-bond donors (Lipinski definition) is 2. The highest BCUT2D eigenvalue weighted by Gasteiger charge is 2.22. The minimum atomic E-state index is -0.159. The fraction of sp³-hybridized carbons (Fsp3) is 0.452. The van der Waals surface area contributed by atoms with Gasteiger partial charge in [0, 0.05) is 37.3 Å². The lowest BCUT2D eigenvalue weighted by molar-refractivity contribution is 0.0675. The number of aromatic nitrogens is 3. The Balaban J connectivity index is 1.28. The van der Waals surface area contributed by atoms with Gasteiger partial charge < -0.3 is 15.0 Å². The molecule has 0 bridgehead atoms. The Morgan fingerprint density at radius 3 is 2.56 bits per heavy atom. The number of ether oxygens (including phenoxy) is 1. The highest BCUT2D eigenvalue weighted by molar-refractivity contribution is 6.07. The summed E-state index contributed by atoms with van der Waals surface area (Å²) in [7, 11) is 0. The van der Waals surface area contributed by atoms with Gasteiger partial charge in [0.05, 0.1) is 28.7 Å². The van der Waals surface area contributed by atoms with E-state index in [0.29, 0.717) is 30.7 Å². The Bertz CT molecular complexity index is 1540. The monoisotopic (exact) mass is 527 g/mol. The van der Waals surface area contributed by atoms with E-state index >= 15 is 0 Å². The Kier molecular flexibility index (Phi) is 7.48. The first-order valence-corrected chi connectivity index (χ1v) is 14.3. The Morgan fingerprint density at radius 1 is 1.05 bits per heavy atom. The van der Waals surface area contributed by atoms with Crippen molar-refractivity contribution in [1.82, 2.24) is 25.0 Å². The van der Waals surface area contributed by atoms with Gasteiger partial charge in [-0.15, -0.1) is 0 Å². The third-order valence-electron chi connectivity index (χ3n) is 8.34. The number of carbonyl (C=O) groups excluding carboxylic acids is 1. The van der Waals surface area contributed by atoms with E-state index in [0.717, 1.165) is 60.0 Å². The molecule has 204 valence electrons. The molecule has 1 amide bonds. The summed E-state index contributed by atoms with van der Waals surface area (Å²) in [6.07, 6.45) is 8.48. The fourth-order valence-electron chi connectivity index (χ4n) is 6.14. The van der Waals surface area contributed by atoms with Crippen molar-refractivity contribution in [3.63, 3.8) is 0 Å². The van der Waals surface area contributed by atoms with Gasteiger partial charge in [0.2, 0.25) is 0 Å². The van der Waals surface area contributed by atoms with E-state index in [-0.39, 0.29) is 17.5 Å². The molecule has 8 nitrogen and oxygen atoms in total. The van der Waals surface area contributed by atoms with Crippen LogP contribution < -0.4 is 10.9 Å². The molecule has 2 fully saturated rings. The van der Waals surface area contributed by atoms with Crippen molar-refractivity contribution in [2.24, 2.45) is 0 Å². The van der Waals surface area contributed by atoms with Crippen LogP contribution >= 0.6 is 0 Å². The van der Waals surface area contributed by atoms with Crippen LogP contribution in [-0.2, 0) is 17.8 Å². The number of hydrogen-bond acceptors (Lipinski definition) is 5. The summed E-state index contributed by atoms with van der Waals surface area (Å²) in [6.45, 7) is 6.94. The molecule has 0 saturated carbocycles. The number of likely N-dealkylation sites (tertiary alicyclic amines) is 1. The van der Waals surface area contributed by atoms with Crippen LogP contribution in [0.1, 0.15) is 71.6 Å². The Labute approximate surface area is 228 Å². The first-order chi connectivity index (χ1) is 19.1. The first-order valence-electron chi connectivity index (χ1n) is 14.3. The maximum Gasteiger partial charge on any atom is 0.259 e. The number of rotatable bonds is 6. The van der Waals surface area contributed by atoms with E-state index in [1.807, 2.05) is 29.8 Å². The molecule has 0 radical (unpaired) electrons. The second kappa shape index (κ2) is 11.3. The number of aryl methyl sites for hydroxylation is 1. The summed E-state index contributed by atoms with van der Waals surface area (Å²) in [4.78, 5) is 31.9. The number of fused-ring (bicyclic) bond motifs is 3. The SMILES string of the molecule is Cc1cc2[nH]c(=O)c3cnn(C4CCOCC4)c3c2cc1C(=O)NCc1ccccc1CN1CCCCCC1. The lowest BCUT2D eigenvalue weighted by atomic mass is 10.0. The minimum absolute atomic E-state index is 0.115. The number of nitrogens with zero attached hydrogens (tertiary/aromatic N) is 3. The van der Waals surface area contributed by atoms with E-state index in [4.69, 9.17) is 4.74 Å². The Morgan fingerprint density at radius 2 is 1.79 bits per heavy atom. The van der Waals surface area contributed by atoms with Gasteiger partial charge in [-0.05, 0) is 74.5 Å². The zero-order chi connectivity index (χ0) is 26.8. The van der Waals surface area contributed by atoms with Gasteiger partial charge in [0.25, 0.3) is 11.5 Å². The van der Waals surface area contributed by atoms with E-state index in [2.05, 4.69) is 38.5 Å².